The highest BCUT2D eigenvalue weighted by atomic mass is 32.2. The quantitative estimate of drug-likeness (QED) is 0.554. The van der Waals surface area contributed by atoms with Crippen LogP contribution in [0.3, 0.4) is 0 Å². The first-order valence-electron chi connectivity index (χ1n) is 8.04. The van der Waals surface area contributed by atoms with Crippen LogP contribution in [0.5, 0.6) is 5.75 Å². The summed E-state index contributed by atoms with van der Waals surface area (Å²) in [4.78, 5) is 19.4. The van der Waals surface area contributed by atoms with Gasteiger partial charge in [0.15, 0.2) is 5.17 Å². The van der Waals surface area contributed by atoms with Crippen molar-refractivity contribution in [2.45, 2.75) is 13.8 Å². The van der Waals surface area contributed by atoms with Crippen LogP contribution >= 0.6 is 23.1 Å². The average molecular weight is 387 g/mol. The standard InChI is InChI=1S/C18H18N4O2S2/c1-4-10-22-16(23)15(11-13-6-8-14(9-7-13)24-5-2)26-18(22)19-17-21-20-12(3)25-17/h4,6-9,11H,1,5,10H2,2-3H3/b15-11-,19-18+. The number of amidine groups is 1. The second-order valence-corrected chi connectivity index (χ2v) is 7.48. The summed E-state index contributed by atoms with van der Waals surface area (Å²) in [5.74, 6) is 0.714. The minimum Gasteiger partial charge on any atom is -0.494 e. The van der Waals surface area contributed by atoms with Crippen molar-refractivity contribution in [1.29, 1.82) is 0 Å². The molecule has 1 aromatic heterocycles. The predicted octanol–water partition coefficient (Wildman–Crippen LogP) is 4.04. The van der Waals surface area contributed by atoms with Gasteiger partial charge in [0.25, 0.3) is 5.91 Å². The van der Waals surface area contributed by atoms with E-state index < -0.39 is 0 Å². The highest BCUT2D eigenvalue weighted by Gasteiger charge is 2.32. The lowest BCUT2D eigenvalue weighted by Crippen LogP contribution is -2.29. The molecule has 8 heteroatoms. The van der Waals surface area contributed by atoms with Crippen LogP contribution in [0, 0.1) is 6.92 Å². The monoisotopic (exact) mass is 386 g/mol. The molecule has 2 aromatic rings. The van der Waals surface area contributed by atoms with Gasteiger partial charge in [-0.2, -0.15) is 4.99 Å². The molecule has 0 radical (unpaired) electrons. The lowest BCUT2D eigenvalue weighted by molar-refractivity contribution is -0.121. The van der Waals surface area contributed by atoms with Gasteiger partial charge < -0.3 is 4.74 Å². The lowest BCUT2D eigenvalue weighted by atomic mass is 10.2. The Kier molecular flexibility index (Phi) is 5.85. The number of hydrogen-bond donors (Lipinski definition) is 0. The van der Waals surface area contributed by atoms with Crippen molar-refractivity contribution in [3.63, 3.8) is 0 Å². The van der Waals surface area contributed by atoms with Crippen LogP contribution in [-0.2, 0) is 4.79 Å². The zero-order valence-corrected chi connectivity index (χ0v) is 16.1. The number of ether oxygens (including phenoxy) is 1. The Morgan fingerprint density at radius 3 is 2.69 bits per heavy atom. The van der Waals surface area contributed by atoms with Gasteiger partial charge in [0, 0.05) is 6.54 Å². The Balaban J connectivity index is 1.87. The minimum absolute atomic E-state index is 0.0937. The molecule has 0 N–H and O–H groups in total. The summed E-state index contributed by atoms with van der Waals surface area (Å²) in [5.41, 5.74) is 0.927. The summed E-state index contributed by atoms with van der Waals surface area (Å²) in [6, 6.07) is 7.63. The highest BCUT2D eigenvalue weighted by Crippen LogP contribution is 2.34. The molecule has 0 saturated carbocycles. The van der Waals surface area contributed by atoms with E-state index in [2.05, 4.69) is 21.8 Å². The number of nitrogens with zero attached hydrogens (tertiary/aromatic N) is 4. The SMILES string of the molecule is C=CCN1C(=O)/C(=C/c2ccc(OCC)cc2)S/C1=N/c1nnc(C)s1. The van der Waals surface area contributed by atoms with Crippen LogP contribution in [0.2, 0.25) is 0 Å². The fraction of sp³-hybridized carbons (Fsp3) is 0.222. The van der Waals surface area contributed by atoms with E-state index in [9.17, 15) is 4.79 Å². The molecular formula is C18H18N4O2S2. The smallest absolute Gasteiger partial charge is 0.267 e. The van der Waals surface area contributed by atoms with Crippen LogP contribution in [-0.4, -0.2) is 39.3 Å². The van der Waals surface area contributed by atoms with Crippen molar-refractivity contribution in [3.8, 4) is 5.75 Å². The zero-order chi connectivity index (χ0) is 18.5. The number of carbonyl (C=O) groups excluding carboxylic acids is 1. The summed E-state index contributed by atoms with van der Waals surface area (Å²) in [6.07, 6.45) is 3.53. The molecule has 0 bridgehead atoms. The molecule has 3 rings (SSSR count). The maximum absolute atomic E-state index is 12.7. The number of aromatic nitrogens is 2. The van der Waals surface area contributed by atoms with Crippen LogP contribution in [0.15, 0.2) is 46.8 Å². The third-order valence-corrected chi connectivity index (χ3v) is 5.13. The van der Waals surface area contributed by atoms with Crippen molar-refractivity contribution in [3.05, 3.63) is 52.4 Å². The first-order valence-corrected chi connectivity index (χ1v) is 9.68. The van der Waals surface area contributed by atoms with Crippen molar-refractivity contribution < 1.29 is 9.53 Å². The van der Waals surface area contributed by atoms with Crippen LogP contribution < -0.4 is 4.74 Å². The molecule has 0 spiro atoms. The van der Waals surface area contributed by atoms with Gasteiger partial charge in [-0.25, -0.2) is 0 Å². The van der Waals surface area contributed by atoms with Gasteiger partial charge in [0.05, 0.1) is 11.5 Å². The minimum atomic E-state index is -0.0937. The molecule has 1 aliphatic heterocycles. The van der Waals surface area contributed by atoms with Crippen LogP contribution in [0.1, 0.15) is 17.5 Å². The molecule has 134 valence electrons. The molecule has 1 saturated heterocycles. The lowest BCUT2D eigenvalue weighted by Gasteiger charge is -2.11. The van der Waals surface area contributed by atoms with E-state index in [1.807, 2.05) is 44.2 Å². The number of amides is 1. The molecular weight excluding hydrogens is 368 g/mol. The topological polar surface area (TPSA) is 67.7 Å². The van der Waals surface area contributed by atoms with E-state index >= 15 is 0 Å². The first-order chi connectivity index (χ1) is 12.6. The third kappa shape index (κ3) is 4.20. The van der Waals surface area contributed by atoms with Gasteiger partial charge in [-0.1, -0.05) is 29.5 Å². The fourth-order valence-electron chi connectivity index (χ4n) is 2.27. The fourth-order valence-corrected chi connectivity index (χ4v) is 3.88. The molecule has 26 heavy (non-hydrogen) atoms. The number of thioether (sulfide) groups is 1. The summed E-state index contributed by atoms with van der Waals surface area (Å²) in [6.45, 7) is 8.55. The number of benzene rings is 1. The summed E-state index contributed by atoms with van der Waals surface area (Å²) >= 11 is 2.71. The van der Waals surface area contributed by atoms with Gasteiger partial charge in [-0.15, -0.1) is 16.8 Å². The van der Waals surface area contributed by atoms with Gasteiger partial charge in [-0.3, -0.25) is 9.69 Å². The normalized spacial score (nSPS) is 17.3. The van der Waals surface area contributed by atoms with Gasteiger partial charge in [0.1, 0.15) is 10.8 Å². The van der Waals surface area contributed by atoms with Crippen molar-refractivity contribution in [2.75, 3.05) is 13.2 Å². The Morgan fingerprint density at radius 1 is 1.31 bits per heavy atom. The number of aryl methyl sites for hydroxylation is 1. The Hall–Kier alpha value is -2.45. The van der Waals surface area contributed by atoms with E-state index in [1.54, 1.807) is 11.0 Å². The maximum atomic E-state index is 12.7. The number of carbonyl (C=O) groups is 1. The van der Waals surface area contributed by atoms with E-state index in [4.69, 9.17) is 4.74 Å². The average Bonchev–Trinajstić information content (AvgIpc) is 3.16. The Labute approximate surface area is 160 Å². The number of hydrogen-bond acceptors (Lipinski definition) is 7. The molecule has 0 unspecified atom stereocenters. The molecule has 1 amide bonds. The maximum Gasteiger partial charge on any atom is 0.267 e. The number of rotatable bonds is 6. The molecule has 6 nitrogen and oxygen atoms in total. The third-order valence-electron chi connectivity index (χ3n) is 3.40. The molecule has 2 heterocycles. The second kappa shape index (κ2) is 8.29. The highest BCUT2D eigenvalue weighted by molar-refractivity contribution is 8.18. The molecule has 1 aliphatic rings. The molecule has 1 aromatic carbocycles. The van der Waals surface area contributed by atoms with E-state index in [1.165, 1.54) is 23.1 Å². The largest absolute Gasteiger partial charge is 0.494 e. The van der Waals surface area contributed by atoms with Crippen molar-refractivity contribution in [2.24, 2.45) is 4.99 Å². The Morgan fingerprint density at radius 2 is 2.08 bits per heavy atom. The van der Waals surface area contributed by atoms with E-state index in [0.29, 0.717) is 28.4 Å². The van der Waals surface area contributed by atoms with E-state index in [0.717, 1.165) is 16.3 Å². The first kappa shape index (κ1) is 18.3. The second-order valence-electron chi connectivity index (χ2n) is 5.32. The summed E-state index contributed by atoms with van der Waals surface area (Å²) in [7, 11) is 0. The van der Waals surface area contributed by atoms with Crippen LogP contribution in [0.25, 0.3) is 6.08 Å². The van der Waals surface area contributed by atoms with Gasteiger partial charge >= 0.3 is 0 Å². The molecule has 0 atom stereocenters. The van der Waals surface area contributed by atoms with Crippen molar-refractivity contribution >= 4 is 45.4 Å². The zero-order valence-electron chi connectivity index (χ0n) is 14.5. The van der Waals surface area contributed by atoms with Gasteiger partial charge in [0.2, 0.25) is 5.13 Å². The summed E-state index contributed by atoms with van der Waals surface area (Å²) in [5, 5.41) is 9.92. The van der Waals surface area contributed by atoms with Crippen LogP contribution in [0.4, 0.5) is 5.13 Å². The predicted molar refractivity (Wildman–Crippen MR) is 107 cm³/mol. The summed E-state index contributed by atoms with van der Waals surface area (Å²) < 4.78 is 5.44. The van der Waals surface area contributed by atoms with E-state index in [-0.39, 0.29) is 5.91 Å². The Bertz CT molecular complexity index is 872. The van der Waals surface area contributed by atoms with Gasteiger partial charge in [-0.05, 0) is 49.4 Å². The molecule has 1 fully saturated rings. The van der Waals surface area contributed by atoms with Crippen molar-refractivity contribution in [1.82, 2.24) is 15.1 Å². The molecule has 0 aliphatic carbocycles. The number of aliphatic imine (C=N–C) groups is 1.